The molecule has 2 aliphatic rings. The predicted octanol–water partition coefficient (Wildman–Crippen LogP) is 11.9. The maximum Gasteiger partial charge on any atom is 0.143 e. The number of aromatic nitrogens is 1. The van der Waals surface area contributed by atoms with Crippen molar-refractivity contribution in [1.82, 2.24) is 4.57 Å². The van der Waals surface area contributed by atoms with E-state index in [1.165, 1.54) is 38.9 Å². The van der Waals surface area contributed by atoms with Crippen molar-refractivity contribution in [2.45, 2.75) is 18.8 Å². The zero-order valence-corrected chi connectivity index (χ0v) is 26.7. The zero-order valence-electron chi connectivity index (χ0n) is 26.7. The molecule has 49 heavy (non-hydrogen) atoms. The van der Waals surface area contributed by atoms with Crippen molar-refractivity contribution in [2.24, 2.45) is 0 Å². The number of fused-ring (bicyclic) bond motifs is 10. The fourth-order valence-corrected chi connectivity index (χ4v) is 8.29. The molecule has 1 atom stereocenters. The summed E-state index contributed by atoms with van der Waals surface area (Å²) in [5, 5.41) is 14.0. The van der Waals surface area contributed by atoms with Gasteiger partial charge in [0.15, 0.2) is 0 Å². The van der Waals surface area contributed by atoms with Crippen LogP contribution in [0.25, 0.3) is 72.9 Å². The van der Waals surface area contributed by atoms with E-state index in [2.05, 4.69) is 150 Å². The second-order valence-electron chi connectivity index (χ2n) is 13.0. The molecule has 0 amide bonds. The highest BCUT2D eigenvalue weighted by atomic mass is 16.3. The second-order valence-corrected chi connectivity index (χ2v) is 13.0. The molecule has 8 aromatic rings. The topological polar surface area (TPSA) is 41.9 Å². The van der Waals surface area contributed by atoms with Gasteiger partial charge >= 0.3 is 0 Å². The Morgan fingerprint density at radius 1 is 0.653 bits per heavy atom. The third-order valence-corrected chi connectivity index (χ3v) is 10.4. The Hall–Kier alpha value is -6.37. The fourth-order valence-electron chi connectivity index (χ4n) is 8.29. The first-order chi connectivity index (χ1) is 24.3. The van der Waals surface area contributed by atoms with Crippen LogP contribution in [0.4, 0.5) is 0 Å². The lowest BCUT2D eigenvalue weighted by Crippen LogP contribution is -2.03. The molecule has 230 valence electrons. The molecular weight excluding hydrogens is 597 g/mol. The van der Waals surface area contributed by atoms with E-state index in [9.17, 15) is 5.26 Å². The van der Waals surface area contributed by atoms with Gasteiger partial charge in [-0.1, -0.05) is 121 Å². The number of para-hydroxylation sites is 2. The minimum absolute atomic E-state index is 0.00261. The Morgan fingerprint density at radius 2 is 1.43 bits per heavy atom. The smallest absolute Gasteiger partial charge is 0.143 e. The van der Waals surface area contributed by atoms with Gasteiger partial charge in [-0.3, -0.25) is 0 Å². The van der Waals surface area contributed by atoms with Crippen LogP contribution in [0, 0.1) is 11.3 Å². The van der Waals surface area contributed by atoms with Gasteiger partial charge in [-0.05, 0) is 71.0 Å². The van der Waals surface area contributed by atoms with Crippen molar-refractivity contribution in [1.29, 1.82) is 5.26 Å². The molecule has 0 bridgehead atoms. The van der Waals surface area contributed by atoms with E-state index in [4.69, 9.17) is 4.42 Å². The van der Waals surface area contributed by atoms with Crippen LogP contribution >= 0.6 is 0 Å². The van der Waals surface area contributed by atoms with Gasteiger partial charge in [-0.25, -0.2) is 0 Å². The lowest BCUT2D eigenvalue weighted by molar-refractivity contribution is 0.663. The largest absolute Gasteiger partial charge is 0.455 e. The van der Waals surface area contributed by atoms with Crippen LogP contribution in [0.3, 0.4) is 0 Å². The van der Waals surface area contributed by atoms with E-state index < -0.39 is 0 Å². The Labute approximate surface area is 284 Å². The van der Waals surface area contributed by atoms with Gasteiger partial charge < -0.3 is 8.98 Å². The zero-order chi connectivity index (χ0) is 32.5. The highest BCUT2D eigenvalue weighted by molar-refractivity contribution is 6.13. The van der Waals surface area contributed by atoms with E-state index in [-0.39, 0.29) is 5.92 Å². The first-order valence-corrected chi connectivity index (χ1v) is 16.9. The molecular formula is C46H30N2O. The lowest BCUT2D eigenvalue weighted by Gasteiger charge is -2.18. The van der Waals surface area contributed by atoms with Crippen molar-refractivity contribution in [2.75, 3.05) is 0 Å². The van der Waals surface area contributed by atoms with Crippen LogP contribution in [-0.2, 0) is 6.42 Å². The molecule has 3 heteroatoms. The van der Waals surface area contributed by atoms with Crippen LogP contribution in [0.1, 0.15) is 45.8 Å². The molecule has 2 heterocycles. The monoisotopic (exact) mass is 626 g/mol. The van der Waals surface area contributed by atoms with E-state index in [0.717, 1.165) is 62.7 Å². The maximum atomic E-state index is 10.6. The van der Waals surface area contributed by atoms with Crippen molar-refractivity contribution in [3.8, 4) is 34.0 Å². The average molecular weight is 627 g/mol. The van der Waals surface area contributed by atoms with Crippen LogP contribution < -0.4 is 0 Å². The van der Waals surface area contributed by atoms with Crippen LogP contribution in [0.5, 0.6) is 0 Å². The minimum atomic E-state index is 0.00261. The molecule has 0 saturated heterocycles. The Balaban J connectivity index is 1.29. The van der Waals surface area contributed by atoms with Crippen molar-refractivity contribution in [3.63, 3.8) is 0 Å². The number of hydrogen-bond donors (Lipinski definition) is 0. The molecule has 2 aliphatic carbocycles. The highest BCUT2D eigenvalue weighted by Crippen LogP contribution is 2.48. The number of benzene rings is 6. The Kier molecular flexibility index (Phi) is 6.13. The number of nitriles is 1. The minimum Gasteiger partial charge on any atom is -0.455 e. The number of rotatable bonds is 3. The van der Waals surface area contributed by atoms with Crippen molar-refractivity contribution in [3.05, 3.63) is 173 Å². The molecule has 1 unspecified atom stereocenters. The summed E-state index contributed by atoms with van der Waals surface area (Å²) in [6.45, 7) is 0. The van der Waals surface area contributed by atoms with E-state index in [0.29, 0.717) is 5.56 Å². The average Bonchev–Trinajstić information content (AvgIpc) is 3.65. The second kappa shape index (κ2) is 10.8. The standard InChI is InChI=1S/C46H30N2O/c47-28-31-15-10-23-42(48-40-21-8-6-17-34(40)35-18-7-9-22-41(35)48)43(31)39-20-11-19-37-38-27-26-36-32-16-5-4-14-30(32)24-25-33(29-12-2-1-3-13-29)44(36)46(38)49-45(37)39/h1-6,8-17,19-27,33H,7,18H2. The summed E-state index contributed by atoms with van der Waals surface area (Å²) in [6, 6.07) is 47.4. The van der Waals surface area contributed by atoms with Crippen molar-refractivity contribution >= 4 is 45.0 Å². The van der Waals surface area contributed by atoms with Crippen LogP contribution in [-0.4, -0.2) is 4.57 Å². The van der Waals surface area contributed by atoms with E-state index in [1.807, 2.05) is 12.1 Å². The number of allylic oxidation sites excluding steroid dienone is 2. The number of hydrogen-bond acceptors (Lipinski definition) is 2. The third kappa shape index (κ3) is 4.08. The highest BCUT2D eigenvalue weighted by Gasteiger charge is 2.28. The van der Waals surface area contributed by atoms with Gasteiger partial charge in [-0.2, -0.15) is 5.26 Å². The Bertz CT molecular complexity index is 2730. The normalized spacial score (nSPS) is 14.8. The molecule has 0 fully saturated rings. The van der Waals surface area contributed by atoms with Crippen molar-refractivity contribution < 1.29 is 4.42 Å². The summed E-state index contributed by atoms with van der Waals surface area (Å²) < 4.78 is 9.51. The maximum absolute atomic E-state index is 10.6. The summed E-state index contributed by atoms with van der Waals surface area (Å²) in [7, 11) is 0. The first kappa shape index (κ1) is 27.7. The lowest BCUT2D eigenvalue weighted by atomic mass is 9.85. The Morgan fingerprint density at radius 3 is 2.35 bits per heavy atom. The molecule has 2 aromatic heterocycles. The summed E-state index contributed by atoms with van der Waals surface area (Å²) >= 11 is 0. The van der Waals surface area contributed by atoms with Gasteiger partial charge in [0.25, 0.3) is 0 Å². The number of aryl methyl sites for hydroxylation is 1. The number of furan rings is 1. The van der Waals surface area contributed by atoms with Gasteiger partial charge in [0.2, 0.25) is 0 Å². The molecule has 0 saturated carbocycles. The third-order valence-electron chi connectivity index (χ3n) is 10.4. The predicted molar refractivity (Wildman–Crippen MR) is 201 cm³/mol. The molecule has 10 rings (SSSR count). The van der Waals surface area contributed by atoms with Gasteiger partial charge in [-0.15, -0.1) is 0 Å². The summed E-state index contributed by atoms with van der Waals surface area (Å²) in [4.78, 5) is 0. The van der Waals surface area contributed by atoms with Crippen LogP contribution in [0.2, 0.25) is 0 Å². The van der Waals surface area contributed by atoms with Crippen LogP contribution in [0.15, 0.2) is 144 Å². The first-order valence-electron chi connectivity index (χ1n) is 16.9. The van der Waals surface area contributed by atoms with E-state index in [1.54, 1.807) is 0 Å². The quantitative estimate of drug-likeness (QED) is 0.196. The van der Waals surface area contributed by atoms with Gasteiger partial charge in [0.1, 0.15) is 11.2 Å². The molecule has 0 N–H and O–H groups in total. The number of nitrogens with zero attached hydrogens (tertiary/aromatic N) is 2. The SMILES string of the molecule is N#Cc1cccc(-n2c3c(c4ccccc42)CCC=C3)c1-c1cccc2c1oc1c3c(ccc12)-c1ccccc1C=CC3c1ccccc1. The molecule has 0 spiro atoms. The molecule has 0 aliphatic heterocycles. The summed E-state index contributed by atoms with van der Waals surface area (Å²) in [5.74, 6) is 0.00261. The molecule has 6 aromatic carbocycles. The summed E-state index contributed by atoms with van der Waals surface area (Å²) in [6.07, 6.45) is 11.1. The van der Waals surface area contributed by atoms with E-state index >= 15 is 0 Å². The van der Waals surface area contributed by atoms with Gasteiger partial charge in [0.05, 0.1) is 22.8 Å². The molecule has 0 radical (unpaired) electrons. The van der Waals surface area contributed by atoms with Gasteiger partial charge in [0, 0.05) is 44.5 Å². The fraction of sp³-hybridized carbons (Fsp3) is 0.0652. The summed E-state index contributed by atoms with van der Waals surface area (Å²) in [5.41, 5.74) is 14.7. The molecule has 3 nitrogen and oxygen atoms in total.